The normalized spacial score (nSPS) is 22.5. The van der Waals surface area contributed by atoms with Gasteiger partial charge < -0.3 is 4.84 Å². The molecule has 9 heteroatoms. The first kappa shape index (κ1) is 18.9. The third-order valence-corrected chi connectivity index (χ3v) is 4.33. The van der Waals surface area contributed by atoms with Crippen molar-refractivity contribution in [3.63, 3.8) is 0 Å². The average molecular weight is 397 g/mol. The zero-order chi connectivity index (χ0) is 19.7. The summed E-state index contributed by atoms with van der Waals surface area (Å²) in [6, 6.07) is 11.3. The fourth-order valence-corrected chi connectivity index (χ4v) is 2.85. The van der Waals surface area contributed by atoms with E-state index in [1.54, 1.807) is 18.2 Å². The summed E-state index contributed by atoms with van der Waals surface area (Å²) < 4.78 is 41.7. The molecule has 0 spiro atoms. The summed E-state index contributed by atoms with van der Waals surface area (Å²) in [6.07, 6.45) is -3.35. The molecule has 0 radical (unpaired) electrons. The molecular formula is C18H12ClF3N2O3. The van der Waals surface area contributed by atoms with Crippen molar-refractivity contribution in [2.45, 2.75) is 17.8 Å². The molecular weight excluding hydrogens is 385 g/mol. The molecule has 3 rings (SSSR count). The molecule has 0 saturated carbocycles. The van der Waals surface area contributed by atoms with Crippen LogP contribution in [0.4, 0.5) is 13.2 Å². The van der Waals surface area contributed by atoms with Crippen LogP contribution in [0.2, 0.25) is 5.02 Å². The van der Waals surface area contributed by atoms with E-state index in [-0.39, 0.29) is 5.56 Å². The van der Waals surface area contributed by atoms with Crippen molar-refractivity contribution >= 4 is 23.4 Å². The molecule has 0 fully saturated rings. The molecule has 2 atom stereocenters. The van der Waals surface area contributed by atoms with Gasteiger partial charge in [0.05, 0.1) is 0 Å². The monoisotopic (exact) mass is 396 g/mol. The minimum Gasteiger partial charge on any atom is -0.367 e. The van der Waals surface area contributed by atoms with Crippen LogP contribution in [0, 0.1) is 10.1 Å². The molecule has 2 aromatic rings. The fraction of sp³-hybridized carbons (Fsp3) is 0.167. The predicted octanol–water partition coefficient (Wildman–Crippen LogP) is 4.73. The van der Waals surface area contributed by atoms with Crippen molar-refractivity contribution in [2.24, 2.45) is 5.16 Å². The maximum absolute atomic E-state index is 13.9. The minimum absolute atomic E-state index is 0.185. The molecule has 0 N–H and O–H groups in total. The van der Waals surface area contributed by atoms with Crippen LogP contribution in [-0.2, 0) is 4.84 Å². The highest BCUT2D eigenvalue weighted by atomic mass is 35.5. The lowest BCUT2D eigenvalue weighted by Gasteiger charge is -2.27. The van der Waals surface area contributed by atoms with E-state index in [9.17, 15) is 23.3 Å². The smallest absolute Gasteiger partial charge is 0.367 e. The summed E-state index contributed by atoms with van der Waals surface area (Å²) in [5.41, 5.74) is -3.05. The van der Waals surface area contributed by atoms with Crippen molar-refractivity contribution < 1.29 is 22.9 Å². The van der Waals surface area contributed by atoms with E-state index in [1.807, 2.05) is 0 Å². The highest BCUT2D eigenvalue weighted by Gasteiger charge is 2.71. The Morgan fingerprint density at radius 3 is 2.33 bits per heavy atom. The Hall–Kier alpha value is -2.87. The second-order valence-electron chi connectivity index (χ2n) is 5.80. The van der Waals surface area contributed by atoms with Gasteiger partial charge in [-0.15, -0.1) is 0 Å². The van der Waals surface area contributed by atoms with Crippen LogP contribution in [0.5, 0.6) is 0 Å². The molecule has 0 unspecified atom stereocenters. The van der Waals surface area contributed by atoms with E-state index in [4.69, 9.17) is 16.4 Å². The van der Waals surface area contributed by atoms with Gasteiger partial charge in [-0.25, -0.2) is 0 Å². The minimum atomic E-state index is -5.08. The predicted molar refractivity (Wildman–Crippen MR) is 94.1 cm³/mol. The molecule has 0 saturated heterocycles. The van der Waals surface area contributed by atoms with E-state index in [1.165, 1.54) is 36.4 Å². The van der Waals surface area contributed by atoms with Gasteiger partial charge >= 0.3 is 17.8 Å². The molecule has 2 aromatic carbocycles. The van der Waals surface area contributed by atoms with Gasteiger partial charge in [0, 0.05) is 15.5 Å². The highest BCUT2D eigenvalue weighted by Crippen LogP contribution is 2.44. The number of nitrogens with zero attached hydrogens (tertiary/aromatic N) is 2. The van der Waals surface area contributed by atoms with Gasteiger partial charge in [0.1, 0.15) is 0 Å². The molecule has 0 amide bonds. The number of hydrogen-bond donors (Lipinski definition) is 0. The summed E-state index contributed by atoms with van der Waals surface area (Å²) in [7, 11) is 0. The van der Waals surface area contributed by atoms with E-state index < -0.39 is 28.5 Å². The Bertz CT molecular complexity index is 898. The fourth-order valence-electron chi connectivity index (χ4n) is 2.72. The molecule has 0 aliphatic carbocycles. The van der Waals surface area contributed by atoms with Gasteiger partial charge in [-0.2, -0.15) is 13.2 Å². The molecule has 27 heavy (non-hydrogen) atoms. The summed E-state index contributed by atoms with van der Waals surface area (Å²) in [4.78, 5) is 15.3. The molecule has 140 valence electrons. The molecule has 1 aliphatic heterocycles. The molecule has 1 heterocycles. The quantitative estimate of drug-likeness (QED) is 0.554. The van der Waals surface area contributed by atoms with Gasteiger partial charge in [-0.1, -0.05) is 65.3 Å². The zero-order valence-corrected chi connectivity index (χ0v) is 14.3. The Balaban J connectivity index is 2.06. The van der Waals surface area contributed by atoms with Crippen molar-refractivity contribution in [1.29, 1.82) is 0 Å². The van der Waals surface area contributed by atoms with Crippen LogP contribution >= 0.6 is 11.6 Å². The summed E-state index contributed by atoms with van der Waals surface area (Å²) in [5, 5.41) is 15.4. The van der Waals surface area contributed by atoms with Crippen molar-refractivity contribution in [2.75, 3.05) is 0 Å². The van der Waals surface area contributed by atoms with Crippen LogP contribution in [-0.4, -0.2) is 28.5 Å². The van der Waals surface area contributed by atoms with Crippen LogP contribution < -0.4 is 0 Å². The van der Waals surface area contributed by atoms with Crippen LogP contribution in [0.3, 0.4) is 0 Å². The van der Waals surface area contributed by atoms with Crippen LogP contribution in [0.15, 0.2) is 65.8 Å². The molecule has 0 bridgehead atoms. The van der Waals surface area contributed by atoms with Gasteiger partial charge in [-0.05, 0) is 23.8 Å². The number of alkyl halides is 3. The number of oxime groups is 1. The highest BCUT2D eigenvalue weighted by molar-refractivity contribution is 6.30. The topological polar surface area (TPSA) is 64.7 Å². The number of rotatable bonds is 4. The SMILES string of the molecule is O=[N+]([O-])[C@H]1C(c2ccccc2)=NO[C@]1(/C=C/c1ccc(Cl)cc1)C(F)(F)F. The van der Waals surface area contributed by atoms with Crippen molar-refractivity contribution in [3.05, 3.63) is 86.9 Å². The van der Waals surface area contributed by atoms with E-state index >= 15 is 0 Å². The van der Waals surface area contributed by atoms with Crippen LogP contribution in [0.25, 0.3) is 6.08 Å². The lowest BCUT2D eigenvalue weighted by Crippen LogP contribution is -2.57. The van der Waals surface area contributed by atoms with Crippen LogP contribution in [0.1, 0.15) is 11.1 Å². The largest absolute Gasteiger partial charge is 0.442 e. The first-order chi connectivity index (χ1) is 12.7. The van der Waals surface area contributed by atoms with Gasteiger partial charge in [0.25, 0.3) is 0 Å². The Morgan fingerprint density at radius 2 is 1.78 bits per heavy atom. The van der Waals surface area contributed by atoms with E-state index in [0.29, 0.717) is 16.7 Å². The number of benzene rings is 2. The maximum Gasteiger partial charge on any atom is 0.442 e. The summed E-state index contributed by atoms with van der Waals surface area (Å²) >= 11 is 5.75. The van der Waals surface area contributed by atoms with Gasteiger partial charge in [0.15, 0.2) is 5.71 Å². The standard InChI is InChI=1S/C18H12ClF3N2O3/c19-14-8-6-12(7-9-14)10-11-17(18(20,21)22)16(24(25)26)15(23-27-17)13-4-2-1-3-5-13/h1-11,16H/b11-10+/t16-,17-/m0/s1. The third-order valence-electron chi connectivity index (χ3n) is 4.08. The number of hydrogen-bond acceptors (Lipinski definition) is 4. The van der Waals surface area contributed by atoms with Gasteiger partial charge in [-0.3, -0.25) is 10.1 Å². The molecule has 5 nitrogen and oxygen atoms in total. The van der Waals surface area contributed by atoms with Crippen molar-refractivity contribution in [3.8, 4) is 0 Å². The van der Waals surface area contributed by atoms with Crippen molar-refractivity contribution in [1.82, 2.24) is 0 Å². The zero-order valence-electron chi connectivity index (χ0n) is 13.6. The Morgan fingerprint density at radius 1 is 1.15 bits per heavy atom. The lowest BCUT2D eigenvalue weighted by atomic mass is 9.87. The third kappa shape index (κ3) is 3.52. The first-order valence-corrected chi connectivity index (χ1v) is 8.09. The maximum atomic E-state index is 13.9. The molecule has 1 aliphatic rings. The summed E-state index contributed by atoms with van der Waals surface area (Å²) in [6.45, 7) is 0. The Labute approximate surface area is 156 Å². The lowest BCUT2D eigenvalue weighted by molar-refractivity contribution is -0.531. The second-order valence-corrected chi connectivity index (χ2v) is 6.23. The Kier molecular flexibility index (Phi) is 4.93. The van der Waals surface area contributed by atoms with E-state index in [2.05, 4.69) is 5.16 Å². The second kappa shape index (κ2) is 7.03. The summed E-state index contributed by atoms with van der Waals surface area (Å²) in [5.74, 6) is 0. The van der Waals surface area contributed by atoms with E-state index in [0.717, 1.165) is 6.08 Å². The first-order valence-electron chi connectivity index (χ1n) is 7.71. The molecule has 0 aromatic heterocycles. The average Bonchev–Trinajstić information content (AvgIpc) is 3.03. The van der Waals surface area contributed by atoms with Gasteiger partial charge in [0.2, 0.25) is 0 Å². The number of nitro groups is 1. The number of halogens is 4.